The summed E-state index contributed by atoms with van der Waals surface area (Å²) in [6, 6.07) is 6.52. The normalized spacial score (nSPS) is 20.1. The summed E-state index contributed by atoms with van der Waals surface area (Å²) in [7, 11) is -7.35. The zero-order valence-corrected chi connectivity index (χ0v) is 21.3. The van der Waals surface area contributed by atoms with Crippen molar-refractivity contribution in [3.05, 3.63) is 29.8 Å². The van der Waals surface area contributed by atoms with E-state index in [1.54, 1.807) is 26.0 Å². The summed E-state index contributed by atoms with van der Waals surface area (Å²) in [6.45, 7) is 10.3. The molecule has 1 aromatic carbocycles. The van der Waals surface area contributed by atoms with Crippen LogP contribution in [0.25, 0.3) is 0 Å². The Labute approximate surface area is 197 Å². The molecule has 5 N–H and O–H groups in total. The molecule has 0 radical (unpaired) electrons. The predicted octanol–water partition coefficient (Wildman–Crippen LogP) is -0.632. The molecular weight excluding hydrogens is 467 g/mol. The van der Waals surface area contributed by atoms with E-state index in [1.165, 1.54) is 12.1 Å². The number of nitrogens with one attached hydrogen (secondary N) is 1. The number of rotatable bonds is 10. The van der Waals surface area contributed by atoms with Gasteiger partial charge in [0.2, 0.25) is 10.0 Å². The van der Waals surface area contributed by atoms with Crippen LogP contribution in [0.3, 0.4) is 0 Å². The van der Waals surface area contributed by atoms with E-state index in [0.29, 0.717) is 19.6 Å². The van der Waals surface area contributed by atoms with Gasteiger partial charge in [-0.25, -0.2) is 13.1 Å². The van der Waals surface area contributed by atoms with E-state index in [2.05, 4.69) is 25.7 Å². The highest BCUT2D eigenvalue weighted by Gasteiger charge is 2.20. The van der Waals surface area contributed by atoms with Crippen molar-refractivity contribution in [2.24, 2.45) is 0 Å². The third-order valence-corrected chi connectivity index (χ3v) is 7.69. The summed E-state index contributed by atoms with van der Waals surface area (Å²) in [5.74, 6) is 0. The van der Waals surface area contributed by atoms with E-state index in [1.807, 2.05) is 0 Å². The van der Waals surface area contributed by atoms with Gasteiger partial charge in [-0.05, 0) is 31.5 Å². The van der Waals surface area contributed by atoms with E-state index in [4.69, 9.17) is 0 Å². The number of aliphatic hydroxyl groups is 2. The molecule has 1 aliphatic heterocycles. The summed E-state index contributed by atoms with van der Waals surface area (Å²) < 4.78 is 26.9. The Balaban J connectivity index is 2.06. The topological polar surface area (TPSA) is 137 Å². The van der Waals surface area contributed by atoms with Crippen molar-refractivity contribution in [3.8, 4) is 0 Å². The van der Waals surface area contributed by atoms with E-state index in [-0.39, 0.29) is 4.90 Å². The Kier molecular flexibility index (Phi) is 11.0. The summed E-state index contributed by atoms with van der Waals surface area (Å²) in [4.78, 5) is 25.5. The van der Waals surface area contributed by atoms with E-state index in [9.17, 15) is 28.4 Å². The van der Waals surface area contributed by atoms with Crippen LogP contribution < -0.4 is 4.72 Å². The highest BCUT2D eigenvalue weighted by Crippen LogP contribution is 2.32. The minimum atomic E-state index is -3.85. The second kappa shape index (κ2) is 12.7. The van der Waals surface area contributed by atoms with E-state index >= 15 is 0 Å². The smallest absolute Gasteiger partial charge is 0.241 e. The Bertz CT molecular complexity index is 853. The average molecular weight is 507 g/mol. The van der Waals surface area contributed by atoms with Crippen LogP contribution in [0.4, 0.5) is 0 Å². The van der Waals surface area contributed by atoms with Crippen LogP contribution >= 0.6 is 7.34 Å². The average Bonchev–Trinajstić information content (AvgIpc) is 2.78. The first-order chi connectivity index (χ1) is 15.3. The van der Waals surface area contributed by atoms with Crippen molar-refractivity contribution in [1.29, 1.82) is 0 Å². The Hall–Kier alpha value is -0.850. The Morgan fingerprint density at radius 2 is 1.33 bits per heavy atom. The molecular formula is C21H39N4O6PS. The van der Waals surface area contributed by atoms with Crippen molar-refractivity contribution in [2.75, 3.05) is 58.6 Å². The summed E-state index contributed by atoms with van der Waals surface area (Å²) >= 11 is 0. The standard InChI is InChI=1S/C21H39N4O6PS/c1-18(26)14-23-8-9-24(15-19(2)27)11-13-25(12-10-23)16-20-4-6-21(7-5-20)33(30,31)22-17-32(3,28)29/h4-7,18-19,22,26-29H,3,8-17H2,1-2H3/t18-,19-/m0/s1. The zero-order chi connectivity index (χ0) is 24.6. The van der Waals surface area contributed by atoms with Gasteiger partial charge in [-0.15, -0.1) is 0 Å². The fourth-order valence-electron chi connectivity index (χ4n) is 3.76. The van der Waals surface area contributed by atoms with Crippen LogP contribution in [-0.2, 0) is 16.6 Å². The highest BCUT2D eigenvalue weighted by atomic mass is 32.2. The first-order valence-corrected chi connectivity index (χ1v) is 14.7. The molecule has 2 atom stereocenters. The SMILES string of the molecule is C=P(O)(O)CNS(=O)(=O)c1ccc(CN2CCN(C[C@H](C)O)CCN(C[C@H](C)O)CC2)cc1. The number of hydrogen-bond donors (Lipinski definition) is 5. The molecule has 10 nitrogen and oxygen atoms in total. The lowest BCUT2D eigenvalue weighted by Gasteiger charge is -2.27. The lowest BCUT2D eigenvalue weighted by Crippen LogP contribution is -2.41. The molecule has 0 aromatic heterocycles. The Morgan fingerprint density at radius 3 is 1.73 bits per heavy atom. The predicted molar refractivity (Wildman–Crippen MR) is 132 cm³/mol. The van der Waals surface area contributed by atoms with Gasteiger partial charge in [0.05, 0.1) is 23.4 Å². The van der Waals surface area contributed by atoms with Crippen LogP contribution in [0.2, 0.25) is 0 Å². The molecule has 12 heteroatoms. The third-order valence-electron chi connectivity index (χ3n) is 5.39. The molecule has 1 aromatic rings. The largest absolute Gasteiger partial charge is 0.392 e. The van der Waals surface area contributed by atoms with Crippen molar-refractivity contribution >= 4 is 23.7 Å². The first kappa shape index (κ1) is 28.4. The maximum atomic E-state index is 12.3. The molecule has 190 valence electrons. The molecule has 1 saturated heterocycles. The molecule has 1 fully saturated rings. The van der Waals surface area contributed by atoms with Crippen LogP contribution in [0.5, 0.6) is 0 Å². The van der Waals surface area contributed by atoms with Gasteiger partial charge in [0.25, 0.3) is 0 Å². The number of sulfonamides is 1. The van der Waals surface area contributed by atoms with E-state index < -0.39 is 35.9 Å². The van der Waals surface area contributed by atoms with Gasteiger partial charge in [-0.3, -0.25) is 14.7 Å². The fraction of sp³-hybridized carbons (Fsp3) is 0.667. The molecule has 33 heavy (non-hydrogen) atoms. The van der Waals surface area contributed by atoms with Crippen LogP contribution in [0, 0.1) is 0 Å². The van der Waals surface area contributed by atoms with Crippen molar-refractivity contribution in [3.63, 3.8) is 0 Å². The maximum absolute atomic E-state index is 12.3. The second-order valence-corrected chi connectivity index (χ2v) is 12.7. The third kappa shape index (κ3) is 11.0. The molecule has 0 saturated carbocycles. The second-order valence-electron chi connectivity index (χ2n) is 8.90. The van der Waals surface area contributed by atoms with Gasteiger partial charge in [0.1, 0.15) is 7.34 Å². The van der Waals surface area contributed by atoms with Crippen molar-refractivity contribution < 1.29 is 28.4 Å². The molecule has 0 aliphatic carbocycles. The summed E-state index contributed by atoms with van der Waals surface area (Å²) in [5.41, 5.74) is 0.959. The van der Waals surface area contributed by atoms with Crippen molar-refractivity contribution in [2.45, 2.75) is 37.5 Å². The lowest BCUT2D eigenvalue weighted by atomic mass is 10.2. The monoisotopic (exact) mass is 506 g/mol. The van der Waals surface area contributed by atoms with E-state index in [0.717, 1.165) is 44.8 Å². The van der Waals surface area contributed by atoms with Gasteiger partial charge in [0, 0.05) is 58.9 Å². The van der Waals surface area contributed by atoms with Crippen LogP contribution in [0.15, 0.2) is 29.2 Å². The molecule has 1 heterocycles. The summed E-state index contributed by atoms with van der Waals surface area (Å²) in [5, 5.41) is 19.7. The van der Waals surface area contributed by atoms with Crippen LogP contribution in [0.1, 0.15) is 19.4 Å². The number of β-amino-alcohol motifs (C(OH)–C–C–N with tert-alkyl or cyclic N) is 2. The first-order valence-electron chi connectivity index (χ1n) is 11.1. The number of aliphatic hydroxyl groups excluding tert-OH is 2. The van der Waals surface area contributed by atoms with Gasteiger partial charge in [-0.2, -0.15) is 0 Å². The fourth-order valence-corrected chi connectivity index (χ4v) is 5.93. The van der Waals surface area contributed by atoms with Crippen molar-refractivity contribution in [1.82, 2.24) is 19.4 Å². The van der Waals surface area contributed by atoms with Gasteiger partial charge >= 0.3 is 0 Å². The number of nitrogens with zero attached hydrogens (tertiary/aromatic N) is 3. The van der Waals surface area contributed by atoms with Gasteiger partial charge < -0.3 is 20.0 Å². The molecule has 2 rings (SSSR count). The van der Waals surface area contributed by atoms with Gasteiger partial charge in [-0.1, -0.05) is 18.4 Å². The molecule has 0 bridgehead atoms. The molecule has 0 amide bonds. The highest BCUT2D eigenvalue weighted by molar-refractivity contribution is 7.89. The maximum Gasteiger partial charge on any atom is 0.241 e. The quantitative estimate of drug-likeness (QED) is 0.263. The number of benzene rings is 1. The summed E-state index contributed by atoms with van der Waals surface area (Å²) in [6.07, 6.45) is 1.83. The zero-order valence-electron chi connectivity index (χ0n) is 19.5. The van der Waals surface area contributed by atoms with Crippen LogP contribution in [-0.4, -0.2) is 120 Å². The number of hydrogen-bond acceptors (Lipinski definition) is 9. The lowest BCUT2D eigenvalue weighted by molar-refractivity contribution is 0.102. The van der Waals surface area contributed by atoms with Gasteiger partial charge in [0.15, 0.2) is 0 Å². The minimum absolute atomic E-state index is 0.0513. The molecule has 1 aliphatic rings. The molecule has 0 unspecified atom stereocenters. The Morgan fingerprint density at radius 1 is 0.909 bits per heavy atom. The minimum Gasteiger partial charge on any atom is -0.392 e. The molecule has 0 spiro atoms.